The molecule has 2 aliphatic carbocycles. The molecule has 194 valence electrons. The van der Waals surface area contributed by atoms with Crippen molar-refractivity contribution in [2.75, 3.05) is 12.3 Å². The Hall–Kier alpha value is -3.33. The molecule has 2 saturated heterocycles. The Balaban J connectivity index is 1.17. The summed E-state index contributed by atoms with van der Waals surface area (Å²) in [6.45, 7) is 2.63. The summed E-state index contributed by atoms with van der Waals surface area (Å²) in [7, 11) is 0. The molecule has 9 nitrogen and oxygen atoms in total. The second-order valence-corrected chi connectivity index (χ2v) is 11.7. The number of aromatic nitrogens is 3. The van der Waals surface area contributed by atoms with Crippen LogP contribution in [0.5, 0.6) is 5.75 Å². The average molecular weight is 504 g/mol. The molecule has 0 unspecified atom stereocenters. The van der Waals surface area contributed by atoms with Gasteiger partial charge < -0.3 is 24.9 Å². The summed E-state index contributed by atoms with van der Waals surface area (Å²) in [5, 5.41) is 10.7. The highest BCUT2D eigenvalue weighted by Crippen LogP contribution is 2.51. The topological polar surface area (TPSA) is 116 Å². The number of nitrogens with zero attached hydrogens (tertiary/aromatic N) is 4. The van der Waals surface area contributed by atoms with Gasteiger partial charge in [0.05, 0.1) is 11.5 Å². The monoisotopic (exact) mass is 503 g/mol. The summed E-state index contributed by atoms with van der Waals surface area (Å²) in [5.41, 5.74) is 8.62. The molecule has 2 aromatic heterocycles. The predicted octanol–water partition coefficient (Wildman–Crippen LogP) is 5.01. The zero-order valence-corrected chi connectivity index (χ0v) is 21.1. The molecular formula is C28H33N5O4. The van der Waals surface area contributed by atoms with Gasteiger partial charge in [0.15, 0.2) is 0 Å². The summed E-state index contributed by atoms with van der Waals surface area (Å²) in [6.07, 6.45) is 11.0. The fourth-order valence-electron chi connectivity index (χ4n) is 6.97. The summed E-state index contributed by atoms with van der Waals surface area (Å²) < 4.78 is 14.6. The van der Waals surface area contributed by atoms with Gasteiger partial charge in [0.2, 0.25) is 0 Å². The van der Waals surface area contributed by atoms with E-state index in [1.165, 1.54) is 6.33 Å². The molecule has 2 saturated carbocycles. The minimum atomic E-state index is -0.819. The number of carboxylic acid groups (broad SMARTS) is 1. The lowest BCUT2D eigenvalue weighted by molar-refractivity contribution is -0.0198. The molecule has 2 bridgehead atoms. The van der Waals surface area contributed by atoms with Crippen molar-refractivity contribution >= 4 is 22.9 Å². The van der Waals surface area contributed by atoms with Crippen LogP contribution in [0.2, 0.25) is 0 Å². The first-order chi connectivity index (χ1) is 17.8. The van der Waals surface area contributed by atoms with E-state index in [0.29, 0.717) is 18.5 Å². The second kappa shape index (κ2) is 8.08. The average Bonchev–Trinajstić information content (AvgIpc) is 3.31. The lowest BCUT2D eigenvalue weighted by Crippen LogP contribution is -2.58. The Bertz CT molecular complexity index is 1370. The van der Waals surface area contributed by atoms with Crippen molar-refractivity contribution in [1.29, 1.82) is 0 Å². The first-order valence-corrected chi connectivity index (χ1v) is 13.4. The van der Waals surface area contributed by atoms with E-state index in [-0.39, 0.29) is 23.2 Å². The van der Waals surface area contributed by atoms with Crippen LogP contribution in [0, 0.1) is 0 Å². The van der Waals surface area contributed by atoms with Crippen LogP contribution in [0.25, 0.3) is 22.2 Å². The third kappa shape index (κ3) is 3.74. The SMILES string of the molecule is C[C@]1(N(C(=O)O)C2CC2)C[C@H](n2cc(-c3cccc(OCC45CCC(CC4)O5)c3)c3c(N)ncnc32)C1. The predicted molar refractivity (Wildman–Crippen MR) is 139 cm³/mol. The van der Waals surface area contributed by atoms with Gasteiger partial charge in [-0.15, -0.1) is 0 Å². The van der Waals surface area contributed by atoms with Gasteiger partial charge in [-0.25, -0.2) is 14.8 Å². The third-order valence-corrected chi connectivity index (χ3v) is 8.99. The summed E-state index contributed by atoms with van der Waals surface area (Å²) in [5.74, 6) is 1.24. The molecular weight excluding hydrogens is 470 g/mol. The normalized spacial score (nSPS) is 30.4. The van der Waals surface area contributed by atoms with Gasteiger partial charge in [-0.2, -0.15) is 0 Å². The molecule has 4 heterocycles. The number of hydrogen-bond acceptors (Lipinski definition) is 6. The van der Waals surface area contributed by atoms with Gasteiger partial charge in [0.1, 0.15) is 35.7 Å². The van der Waals surface area contributed by atoms with Crippen LogP contribution in [0.15, 0.2) is 36.8 Å². The third-order valence-electron chi connectivity index (χ3n) is 8.99. The van der Waals surface area contributed by atoms with E-state index in [1.807, 2.05) is 18.2 Å². The van der Waals surface area contributed by atoms with Gasteiger partial charge in [-0.3, -0.25) is 4.90 Å². The summed E-state index contributed by atoms with van der Waals surface area (Å²) in [4.78, 5) is 22.5. The smallest absolute Gasteiger partial charge is 0.408 e. The van der Waals surface area contributed by atoms with Crippen LogP contribution < -0.4 is 10.5 Å². The van der Waals surface area contributed by atoms with Gasteiger partial charge in [-0.1, -0.05) is 12.1 Å². The number of nitrogens with two attached hydrogens (primary N) is 1. The molecule has 0 spiro atoms. The van der Waals surface area contributed by atoms with Crippen LogP contribution >= 0.6 is 0 Å². The lowest BCUT2D eigenvalue weighted by Gasteiger charge is -2.51. The maximum absolute atomic E-state index is 12.0. The number of carbonyl (C=O) groups is 1. The number of hydrogen-bond donors (Lipinski definition) is 2. The van der Waals surface area contributed by atoms with Crippen LogP contribution in [0.1, 0.15) is 64.3 Å². The van der Waals surface area contributed by atoms with E-state index in [4.69, 9.17) is 15.2 Å². The maximum atomic E-state index is 12.0. The Morgan fingerprint density at radius 3 is 2.70 bits per heavy atom. The highest BCUT2D eigenvalue weighted by molar-refractivity contribution is 6.00. The van der Waals surface area contributed by atoms with Crippen molar-refractivity contribution < 1.29 is 19.4 Å². The molecule has 0 radical (unpaired) electrons. The zero-order valence-electron chi connectivity index (χ0n) is 21.1. The fraction of sp³-hybridized carbons (Fsp3) is 0.536. The minimum absolute atomic E-state index is 0.129. The Morgan fingerprint density at radius 1 is 1.24 bits per heavy atom. The molecule has 9 heteroatoms. The number of rotatable bonds is 7. The molecule has 7 rings (SSSR count). The van der Waals surface area contributed by atoms with Crippen LogP contribution in [0.3, 0.4) is 0 Å². The van der Waals surface area contributed by atoms with Crippen molar-refractivity contribution in [1.82, 2.24) is 19.4 Å². The molecule has 0 atom stereocenters. The van der Waals surface area contributed by atoms with Crippen molar-refractivity contribution in [2.24, 2.45) is 0 Å². The van der Waals surface area contributed by atoms with E-state index in [9.17, 15) is 9.90 Å². The molecule has 1 amide bonds. The molecule has 1 aromatic carbocycles. The molecule has 3 aromatic rings. The quantitative estimate of drug-likeness (QED) is 0.466. The van der Waals surface area contributed by atoms with Crippen LogP contribution in [-0.2, 0) is 4.74 Å². The van der Waals surface area contributed by atoms with Crippen molar-refractivity contribution in [3.63, 3.8) is 0 Å². The number of anilines is 1. The van der Waals surface area contributed by atoms with Gasteiger partial charge in [-0.05, 0) is 76.0 Å². The van der Waals surface area contributed by atoms with E-state index in [0.717, 1.165) is 79.3 Å². The second-order valence-electron chi connectivity index (χ2n) is 11.7. The van der Waals surface area contributed by atoms with Crippen molar-refractivity contribution in [2.45, 2.75) is 87.6 Å². The highest BCUT2D eigenvalue weighted by Gasteiger charge is 2.52. The number of benzene rings is 1. The Morgan fingerprint density at radius 2 is 2.03 bits per heavy atom. The Kier molecular flexibility index (Phi) is 4.99. The van der Waals surface area contributed by atoms with E-state index >= 15 is 0 Å². The highest BCUT2D eigenvalue weighted by atomic mass is 16.6. The Labute approximate surface area is 215 Å². The van der Waals surface area contributed by atoms with Gasteiger partial charge >= 0.3 is 6.09 Å². The number of nitrogen functional groups attached to an aromatic ring is 1. The molecule has 37 heavy (non-hydrogen) atoms. The van der Waals surface area contributed by atoms with E-state index in [2.05, 4.69) is 33.7 Å². The standard InChI is InChI=1S/C28H33N5O4/c1-27(33(26(34)35)18-5-6-18)12-19(13-27)32-14-22(23-24(29)30-16-31-25(23)32)17-3-2-4-21(11-17)36-15-28-9-7-20(37-28)8-10-28/h2-4,11,14,16,18-20H,5-10,12-13,15H2,1H3,(H,34,35)(H2,29,30,31)/t19-,20?,27-,28?. The van der Waals surface area contributed by atoms with E-state index in [1.54, 1.807) is 4.90 Å². The summed E-state index contributed by atoms with van der Waals surface area (Å²) >= 11 is 0. The molecule has 4 aliphatic rings. The molecule has 3 N–H and O–H groups in total. The van der Waals surface area contributed by atoms with Crippen molar-refractivity contribution in [3.8, 4) is 16.9 Å². The zero-order chi connectivity index (χ0) is 25.4. The van der Waals surface area contributed by atoms with E-state index < -0.39 is 6.09 Å². The maximum Gasteiger partial charge on any atom is 0.408 e. The first kappa shape index (κ1) is 22.8. The number of ether oxygens (including phenoxy) is 2. The molecule has 2 aliphatic heterocycles. The van der Waals surface area contributed by atoms with Gasteiger partial charge in [0, 0.05) is 29.4 Å². The van der Waals surface area contributed by atoms with Crippen LogP contribution in [0.4, 0.5) is 10.6 Å². The lowest BCUT2D eigenvalue weighted by atomic mass is 9.72. The largest absolute Gasteiger partial charge is 0.491 e. The minimum Gasteiger partial charge on any atom is -0.491 e. The fourth-order valence-corrected chi connectivity index (χ4v) is 6.97. The number of amides is 1. The first-order valence-electron chi connectivity index (χ1n) is 13.4. The van der Waals surface area contributed by atoms with Crippen LogP contribution in [-0.4, -0.2) is 60.5 Å². The number of fused-ring (bicyclic) bond motifs is 3. The summed E-state index contributed by atoms with van der Waals surface area (Å²) in [6, 6.07) is 8.39. The molecule has 4 fully saturated rings. The van der Waals surface area contributed by atoms with Crippen molar-refractivity contribution in [3.05, 3.63) is 36.8 Å². The van der Waals surface area contributed by atoms with Gasteiger partial charge in [0.25, 0.3) is 0 Å².